The van der Waals surface area contributed by atoms with Gasteiger partial charge in [0.25, 0.3) is 5.56 Å². The van der Waals surface area contributed by atoms with Crippen LogP contribution in [0.2, 0.25) is 0 Å². The molecule has 4 N–H and O–H groups in total. The average molecular weight is 361 g/mol. The Bertz CT molecular complexity index is 1150. The first-order valence-electron chi connectivity index (χ1n) is 9.12. The highest BCUT2D eigenvalue weighted by Gasteiger charge is 2.19. The van der Waals surface area contributed by atoms with E-state index in [4.69, 9.17) is 0 Å². The smallest absolute Gasteiger partial charge is 0.271 e. The summed E-state index contributed by atoms with van der Waals surface area (Å²) in [6.07, 6.45) is 6.69. The number of nitrogens with one attached hydrogen (secondary N) is 4. The number of aromatic nitrogens is 6. The number of rotatable bonds is 4. The van der Waals surface area contributed by atoms with E-state index in [9.17, 15) is 4.79 Å². The molecular formula is C19H19N7O. The van der Waals surface area contributed by atoms with Gasteiger partial charge >= 0.3 is 0 Å². The number of nitrogens with zero attached hydrogens (tertiary/aromatic N) is 3. The first-order valence-corrected chi connectivity index (χ1v) is 9.12. The van der Waals surface area contributed by atoms with E-state index in [1.54, 1.807) is 6.20 Å². The highest BCUT2D eigenvalue weighted by atomic mass is 16.1. The fourth-order valence-corrected chi connectivity index (χ4v) is 3.78. The van der Waals surface area contributed by atoms with E-state index in [2.05, 4.69) is 42.0 Å². The Morgan fingerprint density at radius 1 is 1.00 bits per heavy atom. The van der Waals surface area contributed by atoms with Crippen molar-refractivity contribution in [2.75, 3.05) is 5.32 Å². The maximum atomic E-state index is 11.8. The number of benzene rings is 1. The minimum absolute atomic E-state index is 0.136. The molecule has 0 unspecified atom stereocenters. The van der Waals surface area contributed by atoms with Crippen LogP contribution in [0.3, 0.4) is 0 Å². The monoisotopic (exact) mass is 361 g/mol. The molecule has 0 aliphatic heterocycles. The molecule has 3 aromatic heterocycles. The van der Waals surface area contributed by atoms with Gasteiger partial charge in [0, 0.05) is 23.2 Å². The molecule has 136 valence electrons. The van der Waals surface area contributed by atoms with Gasteiger partial charge in [0.05, 0.1) is 17.1 Å². The molecule has 4 aromatic rings. The predicted molar refractivity (Wildman–Crippen MR) is 103 cm³/mol. The van der Waals surface area contributed by atoms with Crippen molar-refractivity contribution in [3.63, 3.8) is 0 Å². The lowest BCUT2D eigenvalue weighted by Crippen LogP contribution is -1.98. The van der Waals surface area contributed by atoms with Crippen LogP contribution in [-0.4, -0.2) is 30.6 Å². The number of H-pyrrole nitrogens is 3. The van der Waals surface area contributed by atoms with E-state index in [0.717, 1.165) is 22.5 Å². The first kappa shape index (κ1) is 15.8. The Hall–Kier alpha value is -3.42. The number of aromatic amines is 3. The largest absolute Gasteiger partial charge is 0.322 e. The first-order chi connectivity index (χ1) is 13.3. The second-order valence-corrected chi connectivity index (χ2v) is 6.98. The molecule has 0 saturated heterocycles. The summed E-state index contributed by atoms with van der Waals surface area (Å²) >= 11 is 0. The number of anilines is 2. The summed E-state index contributed by atoms with van der Waals surface area (Å²) in [5.74, 6) is 1.93. The van der Waals surface area contributed by atoms with E-state index >= 15 is 0 Å². The molecule has 1 aliphatic carbocycles. The van der Waals surface area contributed by atoms with E-state index in [-0.39, 0.29) is 5.56 Å². The van der Waals surface area contributed by atoms with Crippen molar-refractivity contribution in [2.45, 2.75) is 31.6 Å². The van der Waals surface area contributed by atoms with E-state index < -0.39 is 0 Å². The van der Waals surface area contributed by atoms with Crippen molar-refractivity contribution in [1.82, 2.24) is 30.6 Å². The van der Waals surface area contributed by atoms with Crippen molar-refractivity contribution in [3.8, 4) is 11.1 Å². The van der Waals surface area contributed by atoms with Crippen LogP contribution in [0.1, 0.15) is 37.3 Å². The molecule has 0 spiro atoms. The normalized spacial score (nSPS) is 14.8. The van der Waals surface area contributed by atoms with Crippen LogP contribution in [0, 0.1) is 0 Å². The molecule has 1 aliphatic rings. The highest BCUT2D eigenvalue weighted by molar-refractivity contribution is 5.84. The Kier molecular flexibility index (Phi) is 3.74. The van der Waals surface area contributed by atoms with Gasteiger partial charge in [-0.25, -0.2) is 0 Å². The fourth-order valence-electron chi connectivity index (χ4n) is 3.78. The SMILES string of the molecule is O=c1[nH][nH]c2ccc(-c3cnnc(Nc4cc(C5CCCC5)[nH]n4)c3)cc12. The lowest BCUT2D eigenvalue weighted by atomic mass is 10.0. The third kappa shape index (κ3) is 2.99. The standard InChI is InChI=1S/C19H19N7O/c27-19-14-7-12(5-6-15(14)22-26-19)13-8-17(24-20-10-13)21-18-9-16(23-25-18)11-3-1-2-4-11/h5-11H,1-4H2,(H2,22,26,27)(H2,21,23,24,25). The van der Waals surface area contributed by atoms with Gasteiger partial charge in [0.15, 0.2) is 11.6 Å². The second kappa shape index (κ2) is 6.39. The second-order valence-electron chi connectivity index (χ2n) is 6.98. The summed E-state index contributed by atoms with van der Waals surface area (Å²) in [7, 11) is 0. The van der Waals surface area contributed by atoms with Gasteiger partial charge in [-0.1, -0.05) is 18.9 Å². The number of hydrogen-bond acceptors (Lipinski definition) is 5. The van der Waals surface area contributed by atoms with Crippen molar-refractivity contribution >= 4 is 22.5 Å². The van der Waals surface area contributed by atoms with Crippen LogP contribution in [0.4, 0.5) is 11.6 Å². The van der Waals surface area contributed by atoms with E-state index in [1.807, 2.05) is 24.3 Å². The molecular weight excluding hydrogens is 342 g/mol. The van der Waals surface area contributed by atoms with Gasteiger partial charge in [-0.05, 0) is 36.6 Å². The Labute approximate surface area is 154 Å². The molecule has 0 radical (unpaired) electrons. The van der Waals surface area contributed by atoms with Crippen LogP contribution < -0.4 is 10.9 Å². The Balaban J connectivity index is 1.41. The Morgan fingerprint density at radius 3 is 2.78 bits per heavy atom. The maximum Gasteiger partial charge on any atom is 0.271 e. The molecule has 0 atom stereocenters. The summed E-state index contributed by atoms with van der Waals surface area (Å²) in [6, 6.07) is 9.62. The van der Waals surface area contributed by atoms with Crippen molar-refractivity contribution in [2.24, 2.45) is 0 Å². The van der Waals surface area contributed by atoms with Crippen LogP contribution >= 0.6 is 0 Å². The van der Waals surface area contributed by atoms with Gasteiger partial charge in [0.1, 0.15) is 0 Å². The number of hydrogen-bond donors (Lipinski definition) is 4. The average Bonchev–Trinajstić information content (AvgIpc) is 3.43. The van der Waals surface area contributed by atoms with Crippen molar-refractivity contribution < 1.29 is 0 Å². The van der Waals surface area contributed by atoms with Crippen molar-refractivity contribution in [3.05, 3.63) is 52.6 Å². The summed E-state index contributed by atoms with van der Waals surface area (Å²) in [5.41, 5.74) is 3.60. The molecule has 3 heterocycles. The summed E-state index contributed by atoms with van der Waals surface area (Å²) < 4.78 is 0. The number of fused-ring (bicyclic) bond motifs is 1. The van der Waals surface area contributed by atoms with Gasteiger partial charge in [-0.3, -0.25) is 20.1 Å². The molecule has 8 nitrogen and oxygen atoms in total. The lowest BCUT2D eigenvalue weighted by molar-refractivity contribution is 0.693. The molecule has 8 heteroatoms. The third-order valence-corrected chi connectivity index (χ3v) is 5.21. The predicted octanol–water partition coefficient (Wildman–Crippen LogP) is 3.44. The zero-order valence-electron chi connectivity index (χ0n) is 14.6. The quantitative estimate of drug-likeness (QED) is 0.444. The molecule has 0 bridgehead atoms. The van der Waals surface area contributed by atoms with Gasteiger partial charge < -0.3 is 5.32 Å². The molecule has 1 saturated carbocycles. The van der Waals surface area contributed by atoms with Crippen LogP contribution in [0.5, 0.6) is 0 Å². The van der Waals surface area contributed by atoms with Crippen molar-refractivity contribution in [1.29, 1.82) is 0 Å². The topological polar surface area (TPSA) is 115 Å². The Morgan fingerprint density at radius 2 is 1.89 bits per heavy atom. The van der Waals surface area contributed by atoms with Crippen LogP contribution in [-0.2, 0) is 0 Å². The minimum atomic E-state index is -0.136. The zero-order valence-corrected chi connectivity index (χ0v) is 14.6. The van der Waals surface area contributed by atoms with Crippen LogP contribution in [0.25, 0.3) is 22.0 Å². The summed E-state index contributed by atoms with van der Waals surface area (Å²) in [5, 5.41) is 25.0. The summed E-state index contributed by atoms with van der Waals surface area (Å²) in [4.78, 5) is 11.8. The molecule has 27 heavy (non-hydrogen) atoms. The maximum absolute atomic E-state index is 11.8. The lowest BCUT2D eigenvalue weighted by Gasteiger charge is -2.05. The molecule has 1 aromatic carbocycles. The third-order valence-electron chi connectivity index (χ3n) is 5.21. The zero-order chi connectivity index (χ0) is 18.2. The molecule has 1 fully saturated rings. The van der Waals surface area contributed by atoms with Gasteiger partial charge in [-0.15, -0.1) is 5.10 Å². The highest BCUT2D eigenvalue weighted by Crippen LogP contribution is 2.34. The molecule has 5 rings (SSSR count). The van der Waals surface area contributed by atoms with E-state index in [0.29, 0.717) is 17.1 Å². The molecule has 0 amide bonds. The van der Waals surface area contributed by atoms with Gasteiger partial charge in [-0.2, -0.15) is 10.2 Å². The summed E-state index contributed by atoms with van der Waals surface area (Å²) in [6.45, 7) is 0. The van der Waals surface area contributed by atoms with Gasteiger partial charge in [0.2, 0.25) is 0 Å². The van der Waals surface area contributed by atoms with Crippen LogP contribution in [0.15, 0.2) is 41.3 Å². The fraction of sp³-hybridized carbons (Fsp3) is 0.263. The van der Waals surface area contributed by atoms with E-state index in [1.165, 1.54) is 31.4 Å². The minimum Gasteiger partial charge on any atom is -0.322 e.